The summed E-state index contributed by atoms with van der Waals surface area (Å²) >= 11 is 3.11. The van der Waals surface area contributed by atoms with E-state index >= 15 is 0 Å². The summed E-state index contributed by atoms with van der Waals surface area (Å²) in [5, 5.41) is 10.7. The van der Waals surface area contributed by atoms with Gasteiger partial charge in [0.25, 0.3) is 5.69 Å². The Bertz CT molecular complexity index is 650. The molecule has 0 radical (unpaired) electrons. The highest BCUT2D eigenvalue weighted by molar-refractivity contribution is 9.10. The molecule has 0 bridgehead atoms. The zero-order chi connectivity index (χ0) is 15.5. The average molecular weight is 358 g/mol. The maximum absolute atomic E-state index is 14.0. The predicted molar refractivity (Wildman–Crippen MR) is 76.6 cm³/mol. The number of nitrogens with zero attached hydrogens (tertiary/aromatic N) is 1. The molecular formula is C14H10BrF2NO3. The zero-order valence-electron chi connectivity index (χ0n) is 10.6. The van der Waals surface area contributed by atoms with Gasteiger partial charge in [0.2, 0.25) is 0 Å². The van der Waals surface area contributed by atoms with Gasteiger partial charge in [-0.3, -0.25) is 10.1 Å². The van der Waals surface area contributed by atoms with E-state index < -0.39 is 17.5 Å². The van der Waals surface area contributed by atoms with E-state index in [0.29, 0.717) is 4.47 Å². The Balaban J connectivity index is 2.16. The van der Waals surface area contributed by atoms with Crippen LogP contribution in [-0.2, 0) is 5.92 Å². The maximum atomic E-state index is 14.0. The van der Waals surface area contributed by atoms with Gasteiger partial charge in [0.05, 0.1) is 15.5 Å². The second-order valence-corrected chi connectivity index (χ2v) is 5.09. The van der Waals surface area contributed by atoms with Gasteiger partial charge in [-0.25, -0.2) is 0 Å². The van der Waals surface area contributed by atoms with Crippen molar-refractivity contribution in [3.8, 4) is 5.75 Å². The van der Waals surface area contributed by atoms with Gasteiger partial charge >= 0.3 is 5.92 Å². The summed E-state index contributed by atoms with van der Waals surface area (Å²) in [7, 11) is 0. The monoisotopic (exact) mass is 357 g/mol. The molecule has 0 unspecified atom stereocenters. The van der Waals surface area contributed by atoms with Crippen molar-refractivity contribution in [1.82, 2.24) is 0 Å². The molecule has 0 aliphatic rings. The first kappa shape index (κ1) is 15.4. The average Bonchev–Trinajstić information content (AvgIpc) is 2.47. The minimum Gasteiger partial charge on any atom is -0.485 e. The Morgan fingerprint density at radius 2 is 1.86 bits per heavy atom. The van der Waals surface area contributed by atoms with Crippen LogP contribution in [0.4, 0.5) is 14.5 Å². The number of benzene rings is 2. The first-order valence-corrected chi connectivity index (χ1v) is 6.69. The lowest BCUT2D eigenvalue weighted by Crippen LogP contribution is -2.23. The van der Waals surface area contributed by atoms with Crippen molar-refractivity contribution in [2.45, 2.75) is 5.92 Å². The molecule has 110 valence electrons. The van der Waals surface area contributed by atoms with E-state index in [-0.39, 0.29) is 17.0 Å². The quantitative estimate of drug-likeness (QED) is 0.583. The van der Waals surface area contributed by atoms with Crippen molar-refractivity contribution >= 4 is 21.6 Å². The van der Waals surface area contributed by atoms with E-state index in [1.54, 1.807) is 6.07 Å². The molecule has 0 aromatic heterocycles. The fraction of sp³-hybridized carbons (Fsp3) is 0.143. The molecule has 0 N–H and O–H groups in total. The third kappa shape index (κ3) is 3.75. The molecule has 0 saturated carbocycles. The molecule has 0 fully saturated rings. The number of alkyl halides is 2. The summed E-state index contributed by atoms with van der Waals surface area (Å²) < 4.78 is 33.3. The lowest BCUT2D eigenvalue weighted by atomic mass is 10.1. The van der Waals surface area contributed by atoms with Gasteiger partial charge in [-0.15, -0.1) is 0 Å². The Kier molecular flexibility index (Phi) is 4.52. The molecule has 2 aromatic carbocycles. The molecule has 0 spiro atoms. The first-order chi connectivity index (χ1) is 9.90. The highest BCUT2D eigenvalue weighted by Crippen LogP contribution is 2.33. The largest absolute Gasteiger partial charge is 0.485 e. The highest BCUT2D eigenvalue weighted by Gasteiger charge is 2.32. The first-order valence-electron chi connectivity index (χ1n) is 5.90. The maximum Gasteiger partial charge on any atom is 0.306 e. The van der Waals surface area contributed by atoms with E-state index in [0.717, 1.165) is 6.07 Å². The molecule has 0 atom stereocenters. The molecule has 7 heteroatoms. The molecule has 0 heterocycles. The number of hydrogen-bond donors (Lipinski definition) is 0. The van der Waals surface area contributed by atoms with Crippen molar-refractivity contribution < 1.29 is 18.4 Å². The van der Waals surface area contributed by atoms with Crippen LogP contribution in [0.5, 0.6) is 5.75 Å². The van der Waals surface area contributed by atoms with Crippen LogP contribution in [0.25, 0.3) is 0 Å². The normalized spacial score (nSPS) is 11.2. The summed E-state index contributed by atoms with van der Waals surface area (Å²) in [5.74, 6) is -3.19. The Morgan fingerprint density at radius 1 is 1.19 bits per heavy atom. The summed E-state index contributed by atoms with van der Waals surface area (Å²) in [6.45, 7) is -0.906. The standard InChI is InChI=1S/C14H10BrF2NO3/c15-12-7-6-11(18(19)20)8-13(12)21-9-14(16,17)10-4-2-1-3-5-10/h1-8H,9H2. The van der Waals surface area contributed by atoms with Crippen molar-refractivity contribution in [3.05, 3.63) is 68.7 Å². The number of rotatable bonds is 5. The minimum atomic E-state index is -3.19. The molecule has 2 aromatic rings. The van der Waals surface area contributed by atoms with Crippen molar-refractivity contribution in [1.29, 1.82) is 0 Å². The second-order valence-electron chi connectivity index (χ2n) is 4.23. The Morgan fingerprint density at radius 3 is 2.48 bits per heavy atom. The van der Waals surface area contributed by atoms with Gasteiger partial charge in [0.1, 0.15) is 5.75 Å². The van der Waals surface area contributed by atoms with Gasteiger partial charge in [-0.1, -0.05) is 30.3 Å². The van der Waals surface area contributed by atoms with E-state index in [2.05, 4.69) is 15.9 Å². The number of ether oxygens (including phenoxy) is 1. The molecular weight excluding hydrogens is 348 g/mol. The number of nitro benzene ring substituents is 1. The molecule has 21 heavy (non-hydrogen) atoms. The molecule has 0 aliphatic carbocycles. The zero-order valence-corrected chi connectivity index (χ0v) is 12.2. The van der Waals surface area contributed by atoms with Crippen LogP contribution in [-0.4, -0.2) is 11.5 Å². The van der Waals surface area contributed by atoms with Gasteiger partial charge in [0, 0.05) is 11.6 Å². The van der Waals surface area contributed by atoms with Crippen molar-refractivity contribution in [2.24, 2.45) is 0 Å². The summed E-state index contributed by atoms with van der Waals surface area (Å²) in [5.41, 5.74) is -0.400. The van der Waals surface area contributed by atoms with E-state index in [1.165, 1.54) is 36.4 Å². The molecule has 0 amide bonds. The van der Waals surface area contributed by atoms with Gasteiger partial charge < -0.3 is 4.74 Å². The van der Waals surface area contributed by atoms with Gasteiger partial charge in [-0.2, -0.15) is 8.78 Å². The predicted octanol–water partition coefficient (Wildman–Crippen LogP) is 4.53. The lowest BCUT2D eigenvalue weighted by molar-refractivity contribution is -0.385. The van der Waals surface area contributed by atoms with Crippen LogP contribution < -0.4 is 4.74 Å². The van der Waals surface area contributed by atoms with Gasteiger partial charge in [-0.05, 0) is 22.0 Å². The van der Waals surface area contributed by atoms with E-state index in [1.807, 2.05) is 0 Å². The van der Waals surface area contributed by atoms with Crippen molar-refractivity contribution in [3.63, 3.8) is 0 Å². The van der Waals surface area contributed by atoms with Gasteiger partial charge in [0.15, 0.2) is 6.61 Å². The minimum absolute atomic E-state index is 0.000180. The Hall–Kier alpha value is -2.02. The van der Waals surface area contributed by atoms with Crippen LogP contribution >= 0.6 is 15.9 Å². The number of halogens is 3. The van der Waals surface area contributed by atoms with E-state index in [4.69, 9.17) is 4.74 Å². The molecule has 0 saturated heterocycles. The SMILES string of the molecule is O=[N+]([O-])c1ccc(Br)c(OCC(F)(F)c2ccccc2)c1. The third-order valence-electron chi connectivity index (χ3n) is 2.73. The van der Waals surface area contributed by atoms with Crippen LogP contribution in [0, 0.1) is 10.1 Å². The van der Waals surface area contributed by atoms with Crippen LogP contribution in [0.3, 0.4) is 0 Å². The fourth-order valence-electron chi connectivity index (χ4n) is 1.65. The number of hydrogen-bond acceptors (Lipinski definition) is 3. The van der Waals surface area contributed by atoms with Crippen LogP contribution in [0.15, 0.2) is 53.0 Å². The van der Waals surface area contributed by atoms with Crippen LogP contribution in [0.1, 0.15) is 5.56 Å². The van der Waals surface area contributed by atoms with Crippen molar-refractivity contribution in [2.75, 3.05) is 6.61 Å². The number of nitro groups is 1. The summed E-state index contributed by atoms with van der Waals surface area (Å²) in [6.07, 6.45) is 0. The lowest BCUT2D eigenvalue weighted by Gasteiger charge is -2.18. The molecule has 4 nitrogen and oxygen atoms in total. The highest BCUT2D eigenvalue weighted by atomic mass is 79.9. The topological polar surface area (TPSA) is 52.4 Å². The third-order valence-corrected chi connectivity index (χ3v) is 3.39. The molecule has 2 rings (SSSR count). The molecule has 0 aliphatic heterocycles. The Labute approximate surface area is 127 Å². The smallest absolute Gasteiger partial charge is 0.306 e. The summed E-state index contributed by atoms with van der Waals surface area (Å²) in [4.78, 5) is 10.1. The van der Waals surface area contributed by atoms with Crippen LogP contribution in [0.2, 0.25) is 0 Å². The fourth-order valence-corrected chi connectivity index (χ4v) is 2.01. The second kappa shape index (κ2) is 6.17. The summed E-state index contributed by atoms with van der Waals surface area (Å²) in [6, 6.07) is 11.0. The number of non-ortho nitro benzene ring substituents is 1. The van der Waals surface area contributed by atoms with E-state index in [9.17, 15) is 18.9 Å².